The van der Waals surface area contributed by atoms with Gasteiger partial charge in [0.05, 0.1) is 22.4 Å². The second kappa shape index (κ2) is 10.6. The number of hydrogen-bond acceptors (Lipinski definition) is 7. The van der Waals surface area contributed by atoms with E-state index in [9.17, 15) is 36.6 Å². The number of aromatic nitrogens is 2. The zero-order chi connectivity index (χ0) is 29.6. The number of nitrogens with one attached hydrogen (secondary N) is 2. The molecular formula is C25H32F5N5O3S. The molecule has 3 heterocycles. The van der Waals surface area contributed by atoms with Gasteiger partial charge in [0.2, 0.25) is 0 Å². The number of thiazole rings is 1. The third kappa shape index (κ3) is 7.21. The lowest BCUT2D eigenvalue weighted by molar-refractivity contribution is -0.206. The molecule has 3 N–H and O–H groups in total. The largest absolute Gasteiger partial charge is 0.395 e. The van der Waals surface area contributed by atoms with Crippen molar-refractivity contribution in [3.05, 3.63) is 28.5 Å². The Bertz CT molecular complexity index is 1240. The monoisotopic (exact) mass is 577 g/mol. The number of likely N-dealkylation sites (tertiary alicyclic amines) is 1. The molecule has 0 unspecified atom stereocenters. The minimum absolute atomic E-state index is 0.103. The average Bonchev–Trinajstić information content (AvgIpc) is 3.34. The molecule has 0 bridgehead atoms. The molecule has 1 atom stereocenters. The molecule has 8 nitrogen and oxygen atoms in total. The van der Waals surface area contributed by atoms with Crippen LogP contribution in [-0.4, -0.2) is 75.2 Å². The van der Waals surface area contributed by atoms with Crippen LogP contribution < -0.4 is 10.6 Å². The summed E-state index contributed by atoms with van der Waals surface area (Å²) >= 11 is 0.852. The Morgan fingerprint density at radius 2 is 1.85 bits per heavy atom. The van der Waals surface area contributed by atoms with E-state index in [0.717, 1.165) is 30.1 Å². The molecule has 0 saturated carbocycles. The van der Waals surface area contributed by atoms with Crippen molar-refractivity contribution in [2.75, 3.05) is 25.0 Å². The van der Waals surface area contributed by atoms with Crippen LogP contribution in [0, 0.1) is 12.3 Å². The minimum atomic E-state index is -4.43. The number of rotatable bonds is 8. The van der Waals surface area contributed by atoms with Gasteiger partial charge in [0.25, 0.3) is 17.7 Å². The summed E-state index contributed by atoms with van der Waals surface area (Å²) < 4.78 is 67.7. The van der Waals surface area contributed by atoms with Crippen molar-refractivity contribution in [3.63, 3.8) is 0 Å². The predicted molar refractivity (Wildman–Crippen MR) is 137 cm³/mol. The first-order valence-electron chi connectivity index (χ1n) is 12.2. The van der Waals surface area contributed by atoms with Crippen LogP contribution in [0.25, 0.3) is 10.4 Å². The summed E-state index contributed by atoms with van der Waals surface area (Å²) in [5.74, 6) is -4.34. The highest BCUT2D eigenvalue weighted by molar-refractivity contribution is 7.17. The summed E-state index contributed by atoms with van der Waals surface area (Å²) in [5.41, 5.74) is -2.55. The molecule has 0 radical (unpaired) electrons. The first-order chi connectivity index (χ1) is 17.7. The number of hydrogen-bond donors (Lipinski definition) is 3. The van der Waals surface area contributed by atoms with Crippen molar-refractivity contribution < 1.29 is 36.6 Å². The molecule has 1 saturated heterocycles. The molecule has 39 heavy (non-hydrogen) atoms. The summed E-state index contributed by atoms with van der Waals surface area (Å²) in [4.78, 5) is 35.8. The van der Waals surface area contributed by atoms with Crippen LogP contribution in [0.5, 0.6) is 0 Å². The van der Waals surface area contributed by atoms with Gasteiger partial charge in [-0.25, -0.2) is 18.7 Å². The number of carbonyl (C=O) groups excluding carboxylic acids is 2. The summed E-state index contributed by atoms with van der Waals surface area (Å²) in [6.07, 6.45) is -3.60. The van der Waals surface area contributed by atoms with Gasteiger partial charge in [-0.15, -0.1) is 11.3 Å². The number of alkyl halides is 5. The van der Waals surface area contributed by atoms with E-state index in [1.807, 2.05) is 0 Å². The zero-order valence-electron chi connectivity index (χ0n) is 22.5. The van der Waals surface area contributed by atoms with E-state index in [2.05, 4.69) is 20.6 Å². The summed E-state index contributed by atoms with van der Waals surface area (Å²) in [6.45, 7) is 6.92. The summed E-state index contributed by atoms with van der Waals surface area (Å²) in [5, 5.41) is 15.0. The lowest BCUT2D eigenvalue weighted by Crippen LogP contribution is -2.38. The Kier molecular flexibility index (Phi) is 8.34. The topological polar surface area (TPSA) is 107 Å². The normalized spacial score (nSPS) is 17.8. The van der Waals surface area contributed by atoms with Crippen molar-refractivity contribution in [1.29, 1.82) is 0 Å². The number of aryl methyl sites for hydroxylation is 1. The fourth-order valence-electron chi connectivity index (χ4n) is 3.84. The van der Waals surface area contributed by atoms with Gasteiger partial charge in [0, 0.05) is 37.3 Å². The molecule has 0 spiro atoms. The number of aliphatic hydroxyl groups is 1. The Morgan fingerprint density at radius 1 is 1.21 bits per heavy atom. The van der Waals surface area contributed by atoms with Gasteiger partial charge >= 0.3 is 6.18 Å². The van der Waals surface area contributed by atoms with Crippen molar-refractivity contribution in [3.8, 4) is 10.4 Å². The van der Waals surface area contributed by atoms with Gasteiger partial charge in [0.1, 0.15) is 11.5 Å². The number of halogens is 5. The third-order valence-corrected chi connectivity index (χ3v) is 7.42. The van der Waals surface area contributed by atoms with Crippen LogP contribution >= 0.6 is 11.3 Å². The summed E-state index contributed by atoms with van der Waals surface area (Å²) in [7, 11) is 0. The first kappa shape index (κ1) is 30.7. The molecule has 1 aliphatic rings. The highest BCUT2D eigenvalue weighted by atomic mass is 32.1. The maximum atomic E-state index is 14.0. The van der Waals surface area contributed by atoms with Gasteiger partial charge in [-0.05, 0) is 53.2 Å². The highest BCUT2D eigenvalue weighted by Gasteiger charge is 2.47. The maximum Gasteiger partial charge on any atom is 0.395 e. The molecule has 216 valence electrons. The fraction of sp³-hybridized carbons (Fsp3) is 0.600. The average molecular weight is 578 g/mol. The number of pyridine rings is 1. The molecule has 2 aromatic heterocycles. The zero-order valence-corrected chi connectivity index (χ0v) is 23.3. The number of amides is 2. The van der Waals surface area contributed by atoms with Crippen molar-refractivity contribution in [2.24, 2.45) is 5.41 Å². The minimum Gasteiger partial charge on any atom is -0.389 e. The smallest absolute Gasteiger partial charge is 0.389 e. The van der Waals surface area contributed by atoms with E-state index in [0.29, 0.717) is 11.1 Å². The quantitative estimate of drug-likeness (QED) is 0.386. The SMILES string of the molecule is Cc1cc(NCC(C)(C)C(F)(F)F)ncc1-c1sc(C(=O)NCC(C)(C)O)nc1C(=O)N1CC(F)(F)C[C@@H]1C. The van der Waals surface area contributed by atoms with E-state index in [1.54, 1.807) is 6.92 Å². The third-order valence-electron chi connectivity index (χ3n) is 6.33. The highest BCUT2D eigenvalue weighted by Crippen LogP contribution is 2.39. The molecule has 2 amide bonds. The van der Waals surface area contributed by atoms with Gasteiger partial charge in [-0.2, -0.15) is 13.2 Å². The van der Waals surface area contributed by atoms with Crippen LogP contribution in [0.4, 0.5) is 27.8 Å². The van der Waals surface area contributed by atoms with E-state index in [1.165, 1.54) is 33.0 Å². The number of anilines is 1. The second-order valence-corrected chi connectivity index (χ2v) is 12.2. The van der Waals surface area contributed by atoms with Gasteiger partial charge in [0.15, 0.2) is 5.01 Å². The van der Waals surface area contributed by atoms with E-state index in [4.69, 9.17) is 0 Å². The Hall–Kier alpha value is -2.87. The van der Waals surface area contributed by atoms with Crippen LogP contribution in [0.3, 0.4) is 0 Å². The molecule has 1 aliphatic heterocycles. The maximum absolute atomic E-state index is 14.0. The molecule has 0 aliphatic carbocycles. The summed E-state index contributed by atoms with van der Waals surface area (Å²) in [6, 6.07) is 0.730. The van der Waals surface area contributed by atoms with E-state index >= 15 is 0 Å². The van der Waals surface area contributed by atoms with Crippen molar-refractivity contribution in [2.45, 2.75) is 71.7 Å². The van der Waals surface area contributed by atoms with Crippen LogP contribution in [-0.2, 0) is 0 Å². The Labute approximate surface area is 227 Å². The predicted octanol–water partition coefficient (Wildman–Crippen LogP) is 4.88. The van der Waals surface area contributed by atoms with Gasteiger partial charge < -0.3 is 20.6 Å². The van der Waals surface area contributed by atoms with E-state index in [-0.39, 0.29) is 27.9 Å². The van der Waals surface area contributed by atoms with Crippen molar-refractivity contribution in [1.82, 2.24) is 20.2 Å². The number of carbonyl (C=O) groups is 2. The van der Waals surface area contributed by atoms with Crippen LogP contribution in [0.2, 0.25) is 0 Å². The molecule has 14 heteroatoms. The molecule has 0 aromatic carbocycles. The van der Waals surface area contributed by atoms with Crippen molar-refractivity contribution >= 4 is 29.0 Å². The first-order valence-corrected chi connectivity index (χ1v) is 13.0. The molecule has 1 fully saturated rings. The molecular weight excluding hydrogens is 545 g/mol. The second-order valence-electron chi connectivity index (χ2n) is 11.2. The van der Waals surface area contributed by atoms with Crippen LogP contribution in [0.15, 0.2) is 12.3 Å². The molecule has 2 aromatic rings. The van der Waals surface area contributed by atoms with Gasteiger partial charge in [-0.1, -0.05) is 0 Å². The fourth-order valence-corrected chi connectivity index (χ4v) is 4.89. The standard InChI is InChI=1S/C25H32F5N5O3S/c1-13-7-16(32-10-22(3,4)25(28,29)30)31-9-15(13)18-17(21(37)35-12-24(26,27)8-14(35)2)34-20(39-18)19(36)33-11-23(5,6)38/h7,9,14,38H,8,10-12H2,1-6H3,(H,31,32)(H,33,36)/t14-/m0/s1. The van der Waals surface area contributed by atoms with Crippen LogP contribution in [0.1, 0.15) is 66.9 Å². The van der Waals surface area contributed by atoms with E-state index < -0.39 is 60.5 Å². The Balaban J connectivity index is 1.97. The Morgan fingerprint density at radius 3 is 2.36 bits per heavy atom. The number of nitrogens with zero attached hydrogens (tertiary/aromatic N) is 3. The van der Waals surface area contributed by atoms with Gasteiger partial charge in [-0.3, -0.25) is 9.59 Å². The lowest BCUT2D eigenvalue weighted by atomic mass is 9.93. The molecule has 3 rings (SSSR count). The lowest BCUT2D eigenvalue weighted by Gasteiger charge is -2.28.